The van der Waals surface area contributed by atoms with E-state index in [4.69, 9.17) is 0 Å². The van der Waals surface area contributed by atoms with Crippen LogP contribution in [0.15, 0.2) is 176 Å². The summed E-state index contributed by atoms with van der Waals surface area (Å²) < 4.78 is 13.3. The Bertz CT molecular complexity index is 4080. The molecule has 0 spiro atoms. The van der Waals surface area contributed by atoms with Crippen LogP contribution in [0.1, 0.15) is 0 Å². The number of hydrogen-bond acceptors (Lipinski definition) is 4. The third kappa shape index (κ3) is 4.70. The molecule has 0 saturated carbocycles. The Morgan fingerprint density at radius 1 is 0.254 bits per heavy atom. The minimum Gasteiger partial charge on any atom is -0.309 e. The van der Waals surface area contributed by atoms with Gasteiger partial charge in [0.15, 0.2) is 0 Å². The third-order valence-corrected chi connectivity index (χ3v) is 17.2. The summed E-state index contributed by atoms with van der Waals surface area (Å²) in [5.74, 6) is 0. The van der Waals surface area contributed by atoms with Crippen molar-refractivity contribution in [3.8, 4) is 27.9 Å². The smallest absolute Gasteiger partial charge is 0.0541 e. The van der Waals surface area contributed by atoms with Crippen molar-refractivity contribution in [3.63, 3.8) is 0 Å². The fourth-order valence-electron chi connectivity index (χ4n) is 9.61. The number of fused-ring (bicyclic) bond motifs is 16. The first-order chi connectivity index (χ1) is 29.2. The molecule has 5 aromatic heterocycles. The standard InChI is InChI=1S/C54H29NS4/c1-2-8-34(9-3-1)55-45-20-14-30(32-17-23-50-41(26-32)38-19-18-37-35-10-4-7-13-48(35)58-53(37)54(38)59-50)24-39(45)40-25-31(15-21-46(40)55)33-16-22-49-42(27-33)44-28-43-36-11-5-6-12-47(36)56-51(43)29-52(44)57-49/h1-29H. The van der Waals surface area contributed by atoms with Gasteiger partial charge in [0.1, 0.15) is 0 Å². The number of para-hydroxylation sites is 1. The van der Waals surface area contributed by atoms with Gasteiger partial charge in [0.25, 0.3) is 0 Å². The number of aromatic nitrogens is 1. The molecule has 0 amide bonds. The van der Waals surface area contributed by atoms with E-state index in [1.807, 2.05) is 45.3 Å². The van der Waals surface area contributed by atoms with Crippen LogP contribution in [0.4, 0.5) is 0 Å². The molecule has 0 atom stereocenters. The van der Waals surface area contributed by atoms with Crippen molar-refractivity contribution < 1.29 is 0 Å². The Labute approximate surface area is 353 Å². The first-order valence-electron chi connectivity index (χ1n) is 19.9. The minimum absolute atomic E-state index is 1.17. The van der Waals surface area contributed by atoms with Gasteiger partial charge in [-0.05, 0) is 107 Å². The first kappa shape index (κ1) is 32.6. The van der Waals surface area contributed by atoms with Gasteiger partial charge in [-0.15, -0.1) is 45.3 Å². The fourth-order valence-corrected chi connectivity index (χ4v) is 14.4. The summed E-state index contributed by atoms with van der Waals surface area (Å²) >= 11 is 7.64. The maximum atomic E-state index is 2.44. The fraction of sp³-hybridized carbons (Fsp3) is 0. The quantitative estimate of drug-likeness (QED) is 0.167. The Hall–Kier alpha value is -6.34. The Morgan fingerprint density at radius 3 is 1.31 bits per heavy atom. The van der Waals surface area contributed by atoms with Gasteiger partial charge in [0, 0.05) is 87.7 Å². The van der Waals surface area contributed by atoms with Crippen LogP contribution in [-0.2, 0) is 0 Å². The second-order valence-corrected chi connectivity index (χ2v) is 19.9. The van der Waals surface area contributed by atoms with Gasteiger partial charge in [0.2, 0.25) is 0 Å². The topological polar surface area (TPSA) is 4.93 Å². The monoisotopic (exact) mass is 819 g/mol. The van der Waals surface area contributed by atoms with E-state index >= 15 is 0 Å². The highest BCUT2D eigenvalue weighted by atomic mass is 32.1. The molecule has 0 aliphatic carbocycles. The van der Waals surface area contributed by atoms with Crippen molar-refractivity contribution in [3.05, 3.63) is 176 Å². The molecule has 0 radical (unpaired) electrons. The molecule has 0 saturated heterocycles. The van der Waals surface area contributed by atoms with Crippen LogP contribution in [0, 0.1) is 0 Å². The highest BCUT2D eigenvalue weighted by Crippen LogP contribution is 2.47. The first-order valence-corrected chi connectivity index (χ1v) is 23.2. The largest absolute Gasteiger partial charge is 0.309 e. The molecule has 0 unspecified atom stereocenters. The molecule has 1 nitrogen and oxygen atoms in total. The predicted octanol–water partition coefficient (Wildman–Crippen LogP) is 17.6. The van der Waals surface area contributed by atoms with E-state index in [9.17, 15) is 0 Å². The minimum atomic E-state index is 1.17. The van der Waals surface area contributed by atoms with Crippen LogP contribution in [-0.4, -0.2) is 4.57 Å². The Morgan fingerprint density at radius 2 is 0.678 bits per heavy atom. The molecule has 5 heterocycles. The Balaban J connectivity index is 0.945. The van der Waals surface area contributed by atoms with Crippen LogP contribution >= 0.6 is 45.3 Å². The van der Waals surface area contributed by atoms with E-state index in [0.29, 0.717) is 0 Å². The highest BCUT2D eigenvalue weighted by Gasteiger charge is 2.18. The van der Waals surface area contributed by atoms with Crippen LogP contribution in [0.25, 0.3) is 130 Å². The highest BCUT2D eigenvalue weighted by molar-refractivity contribution is 7.33. The molecule has 0 aliphatic rings. The van der Waals surface area contributed by atoms with Gasteiger partial charge in [-0.25, -0.2) is 0 Å². The molecular formula is C54H29NS4. The Kier molecular flexibility index (Phi) is 6.69. The zero-order chi connectivity index (χ0) is 38.3. The molecule has 0 fully saturated rings. The molecular weight excluding hydrogens is 791 g/mol. The second kappa shape index (κ2) is 12.1. The van der Waals surface area contributed by atoms with Gasteiger partial charge in [0.05, 0.1) is 20.4 Å². The molecule has 0 aliphatic heterocycles. The maximum absolute atomic E-state index is 2.44. The second-order valence-electron chi connectivity index (χ2n) is 15.6. The number of hydrogen-bond donors (Lipinski definition) is 0. The van der Waals surface area contributed by atoms with Gasteiger partial charge >= 0.3 is 0 Å². The summed E-state index contributed by atoms with van der Waals surface area (Å²) in [5.41, 5.74) is 8.56. The normalized spacial score (nSPS) is 12.4. The molecule has 14 aromatic rings. The summed E-state index contributed by atoms with van der Waals surface area (Å²) in [6.45, 7) is 0. The van der Waals surface area contributed by atoms with Crippen molar-refractivity contribution in [1.82, 2.24) is 4.57 Å². The van der Waals surface area contributed by atoms with Gasteiger partial charge in [-0.3, -0.25) is 0 Å². The van der Waals surface area contributed by atoms with Crippen molar-refractivity contribution >= 4 is 148 Å². The molecule has 5 heteroatoms. The van der Waals surface area contributed by atoms with Gasteiger partial charge < -0.3 is 4.57 Å². The number of thiophene rings is 4. The lowest BCUT2D eigenvalue weighted by Gasteiger charge is -2.09. The number of benzene rings is 9. The summed E-state index contributed by atoms with van der Waals surface area (Å²) in [5, 5.41) is 13.3. The van der Waals surface area contributed by atoms with Crippen LogP contribution < -0.4 is 0 Å². The van der Waals surface area contributed by atoms with E-state index in [-0.39, 0.29) is 0 Å². The average molecular weight is 820 g/mol. The molecule has 0 N–H and O–H groups in total. The maximum Gasteiger partial charge on any atom is 0.0541 e. The lowest BCUT2D eigenvalue weighted by atomic mass is 9.98. The molecule has 59 heavy (non-hydrogen) atoms. The zero-order valence-corrected chi connectivity index (χ0v) is 34.6. The lowest BCUT2D eigenvalue weighted by molar-refractivity contribution is 1.18. The van der Waals surface area contributed by atoms with Crippen LogP contribution in [0.2, 0.25) is 0 Å². The van der Waals surface area contributed by atoms with E-state index in [1.165, 1.54) is 130 Å². The molecule has 274 valence electrons. The summed E-state index contributed by atoms with van der Waals surface area (Å²) in [4.78, 5) is 0. The van der Waals surface area contributed by atoms with E-state index in [1.54, 1.807) is 0 Å². The molecule has 14 rings (SSSR count). The van der Waals surface area contributed by atoms with E-state index in [0.717, 1.165) is 0 Å². The summed E-state index contributed by atoms with van der Waals surface area (Å²) in [6, 6.07) is 66.2. The SMILES string of the molecule is c1ccc(-n2c3ccc(-c4ccc5sc6cc7sc8ccccc8c7cc6c5c4)cc3c3cc(-c4ccc5sc6c(ccc7c8ccccc8sc76)c5c4)ccc32)cc1. The van der Waals surface area contributed by atoms with Gasteiger partial charge in [-0.1, -0.05) is 91.0 Å². The molecule has 9 aromatic carbocycles. The summed E-state index contributed by atoms with van der Waals surface area (Å²) in [7, 11) is 0. The predicted molar refractivity (Wildman–Crippen MR) is 263 cm³/mol. The van der Waals surface area contributed by atoms with Gasteiger partial charge in [-0.2, -0.15) is 0 Å². The van der Waals surface area contributed by atoms with E-state index < -0.39 is 0 Å². The summed E-state index contributed by atoms with van der Waals surface area (Å²) in [6.07, 6.45) is 0. The lowest BCUT2D eigenvalue weighted by Crippen LogP contribution is -1.93. The number of rotatable bonds is 3. The van der Waals surface area contributed by atoms with E-state index in [2.05, 4.69) is 180 Å². The third-order valence-electron chi connectivity index (χ3n) is 12.4. The van der Waals surface area contributed by atoms with Crippen molar-refractivity contribution in [2.45, 2.75) is 0 Å². The number of nitrogens with zero attached hydrogens (tertiary/aromatic N) is 1. The van der Waals surface area contributed by atoms with Crippen molar-refractivity contribution in [2.75, 3.05) is 0 Å². The average Bonchev–Trinajstić information content (AvgIpc) is 4.10. The zero-order valence-electron chi connectivity index (χ0n) is 31.3. The van der Waals surface area contributed by atoms with Crippen LogP contribution in [0.5, 0.6) is 0 Å². The van der Waals surface area contributed by atoms with Crippen LogP contribution in [0.3, 0.4) is 0 Å². The van der Waals surface area contributed by atoms with Crippen molar-refractivity contribution in [1.29, 1.82) is 0 Å². The molecule has 0 bridgehead atoms. The van der Waals surface area contributed by atoms with Crippen molar-refractivity contribution in [2.24, 2.45) is 0 Å².